The van der Waals surface area contributed by atoms with Gasteiger partial charge in [-0.25, -0.2) is 0 Å². The van der Waals surface area contributed by atoms with Crippen LogP contribution in [0.25, 0.3) is 22.2 Å². The summed E-state index contributed by atoms with van der Waals surface area (Å²) in [5, 5.41) is 10.9. The SMILES string of the molecule is CCCCN(C)C(=O)CCCCCCCN(C(C)=O)c1c(-c2ccc(O)cc2)n(Cc2ccccc2)c2ccc(OC(C)=O)cc12. The molecule has 0 fully saturated rings. The van der Waals surface area contributed by atoms with E-state index in [2.05, 4.69) is 23.6 Å². The third kappa shape index (κ3) is 8.99. The van der Waals surface area contributed by atoms with Gasteiger partial charge in [0.15, 0.2) is 0 Å². The van der Waals surface area contributed by atoms with Gasteiger partial charge in [-0.2, -0.15) is 0 Å². The van der Waals surface area contributed by atoms with Crippen molar-refractivity contribution in [1.29, 1.82) is 0 Å². The largest absolute Gasteiger partial charge is 0.508 e. The van der Waals surface area contributed by atoms with Crippen LogP contribution in [0.5, 0.6) is 11.5 Å². The molecule has 4 rings (SSSR count). The number of fused-ring (bicyclic) bond motifs is 1. The zero-order valence-corrected chi connectivity index (χ0v) is 27.6. The number of amides is 2. The first-order valence-corrected chi connectivity index (χ1v) is 16.4. The number of benzene rings is 3. The van der Waals surface area contributed by atoms with Gasteiger partial charge in [0.25, 0.3) is 0 Å². The van der Waals surface area contributed by atoms with E-state index < -0.39 is 5.97 Å². The molecule has 0 unspecified atom stereocenters. The molecule has 0 saturated heterocycles. The average molecular weight is 626 g/mol. The van der Waals surface area contributed by atoms with Gasteiger partial charge in [0.2, 0.25) is 11.8 Å². The van der Waals surface area contributed by atoms with Gasteiger partial charge >= 0.3 is 5.97 Å². The summed E-state index contributed by atoms with van der Waals surface area (Å²) in [5.74, 6) is 0.274. The minimum Gasteiger partial charge on any atom is -0.508 e. The topological polar surface area (TPSA) is 92.1 Å². The maximum absolute atomic E-state index is 13.4. The number of nitrogens with zero attached hydrogens (tertiary/aromatic N) is 3. The Labute approximate surface area is 272 Å². The third-order valence-corrected chi connectivity index (χ3v) is 8.29. The Morgan fingerprint density at radius 1 is 0.826 bits per heavy atom. The summed E-state index contributed by atoms with van der Waals surface area (Å²) in [7, 11) is 1.88. The summed E-state index contributed by atoms with van der Waals surface area (Å²) in [6, 6.07) is 22.7. The van der Waals surface area contributed by atoms with E-state index in [0.717, 1.165) is 84.9 Å². The van der Waals surface area contributed by atoms with Crippen LogP contribution in [-0.4, -0.2) is 52.5 Å². The number of hydrogen-bond acceptors (Lipinski definition) is 5. The minimum absolute atomic E-state index is 0.0857. The number of hydrogen-bond donors (Lipinski definition) is 1. The van der Waals surface area contributed by atoms with Crippen molar-refractivity contribution < 1.29 is 24.2 Å². The maximum Gasteiger partial charge on any atom is 0.308 e. The van der Waals surface area contributed by atoms with Crippen molar-refractivity contribution in [3.05, 3.63) is 78.4 Å². The summed E-state index contributed by atoms with van der Waals surface area (Å²) in [5.41, 5.74) is 4.45. The molecular formula is C38H47N3O5. The fourth-order valence-electron chi connectivity index (χ4n) is 5.87. The second kappa shape index (κ2) is 16.6. The quantitative estimate of drug-likeness (QED) is 0.0775. The molecule has 2 amide bonds. The van der Waals surface area contributed by atoms with Crippen LogP contribution in [0.3, 0.4) is 0 Å². The molecule has 0 bridgehead atoms. The Kier molecular flexibility index (Phi) is 12.4. The van der Waals surface area contributed by atoms with Gasteiger partial charge in [-0.1, -0.05) is 62.9 Å². The monoisotopic (exact) mass is 625 g/mol. The zero-order chi connectivity index (χ0) is 33.1. The van der Waals surface area contributed by atoms with E-state index in [9.17, 15) is 19.5 Å². The molecule has 8 nitrogen and oxygen atoms in total. The molecule has 0 radical (unpaired) electrons. The van der Waals surface area contributed by atoms with E-state index in [-0.39, 0.29) is 17.6 Å². The minimum atomic E-state index is -0.416. The van der Waals surface area contributed by atoms with Gasteiger partial charge in [0.1, 0.15) is 11.5 Å². The summed E-state index contributed by atoms with van der Waals surface area (Å²) in [6.45, 7) is 6.96. The zero-order valence-electron chi connectivity index (χ0n) is 27.6. The molecule has 0 aliphatic heterocycles. The molecule has 0 aliphatic rings. The molecule has 1 heterocycles. The molecule has 0 spiro atoms. The van der Waals surface area contributed by atoms with E-state index >= 15 is 0 Å². The summed E-state index contributed by atoms with van der Waals surface area (Å²) >= 11 is 0. The van der Waals surface area contributed by atoms with Gasteiger partial charge in [-0.05, 0) is 67.3 Å². The molecule has 4 aromatic rings. The number of carbonyl (C=O) groups excluding carboxylic acids is 3. The van der Waals surface area contributed by atoms with Crippen LogP contribution in [0, 0.1) is 0 Å². The molecular weight excluding hydrogens is 578 g/mol. The van der Waals surface area contributed by atoms with Crippen molar-refractivity contribution in [2.45, 2.75) is 78.7 Å². The van der Waals surface area contributed by atoms with E-state index in [1.165, 1.54) is 6.92 Å². The van der Waals surface area contributed by atoms with Gasteiger partial charge in [-0.15, -0.1) is 0 Å². The Hall–Kier alpha value is -4.59. The smallest absolute Gasteiger partial charge is 0.308 e. The second-order valence-corrected chi connectivity index (χ2v) is 11.9. The molecule has 1 aromatic heterocycles. The number of aromatic nitrogens is 1. The predicted molar refractivity (Wildman–Crippen MR) is 184 cm³/mol. The first-order valence-electron chi connectivity index (χ1n) is 16.4. The summed E-state index contributed by atoms with van der Waals surface area (Å²) < 4.78 is 7.67. The van der Waals surface area contributed by atoms with Gasteiger partial charge in [-0.3, -0.25) is 14.4 Å². The van der Waals surface area contributed by atoms with Crippen LogP contribution >= 0.6 is 0 Å². The summed E-state index contributed by atoms with van der Waals surface area (Å²) in [4.78, 5) is 41.3. The lowest BCUT2D eigenvalue weighted by Crippen LogP contribution is -2.30. The number of esters is 1. The first-order chi connectivity index (χ1) is 22.2. The number of phenols is 1. The number of anilines is 1. The molecule has 3 aromatic carbocycles. The molecule has 1 N–H and O–H groups in total. The van der Waals surface area contributed by atoms with Crippen LogP contribution in [-0.2, 0) is 20.9 Å². The maximum atomic E-state index is 13.4. The second-order valence-electron chi connectivity index (χ2n) is 11.9. The Morgan fingerprint density at radius 2 is 1.52 bits per heavy atom. The van der Waals surface area contributed by atoms with Crippen LogP contribution in [0.4, 0.5) is 5.69 Å². The van der Waals surface area contributed by atoms with E-state index in [0.29, 0.717) is 25.3 Å². The van der Waals surface area contributed by atoms with E-state index in [4.69, 9.17) is 4.74 Å². The molecule has 8 heteroatoms. The predicted octanol–water partition coefficient (Wildman–Crippen LogP) is 7.94. The van der Waals surface area contributed by atoms with Gasteiger partial charge < -0.3 is 24.2 Å². The van der Waals surface area contributed by atoms with Crippen LogP contribution in [0.1, 0.15) is 77.7 Å². The number of carbonyl (C=O) groups is 3. The van der Waals surface area contributed by atoms with Crippen molar-refractivity contribution >= 4 is 34.4 Å². The third-order valence-electron chi connectivity index (χ3n) is 8.29. The highest BCUT2D eigenvalue weighted by Gasteiger charge is 2.26. The van der Waals surface area contributed by atoms with Crippen molar-refractivity contribution in [2.24, 2.45) is 0 Å². The van der Waals surface area contributed by atoms with E-state index in [1.54, 1.807) is 25.1 Å². The van der Waals surface area contributed by atoms with Crippen LogP contribution in [0.2, 0.25) is 0 Å². The highest BCUT2D eigenvalue weighted by molar-refractivity contribution is 6.10. The molecule has 0 aliphatic carbocycles. The highest BCUT2D eigenvalue weighted by Crippen LogP contribution is 2.43. The summed E-state index contributed by atoms with van der Waals surface area (Å²) in [6.07, 6.45) is 7.21. The lowest BCUT2D eigenvalue weighted by atomic mass is 10.1. The number of phenolic OH excluding ortho intramolecular Hbond substituents is 1. The van der Waals surface area contributed by atoms with Crippen molar-refractivity contribution in [2.75, 3.05) is 25.0 Å². The number of aromatic hydroxyl groups is 1. The Bertz CT molecular complexity index is 1610. The highest BCUT2D eigenvalue weighted by atomic mass is 16.5. The average Bonchev–Trinajstić information content (AvgIpc) is 3.33. The van der Waals surface area contributed by atoms with Crippen molar-refractivity contribution in [3.8, 4) is 22.8 Å². The van der Waals surface area contributed by atoms with Gasteiger partial charge in [0.05, 0.1) is 16.9 Å². The fraction of sp³-hybridized carbons (Fsp3) is 0.395. The van der Waals surface area contributed by atoms with Crippen LogP contribution < -0.4 is 9.64 Å². The molecule has 46 heavy (non-hydrogen) atoms. The Balaban J connectivity index is 1.63. The number of rotatable bonds is 16. The van der Waals surface area contributed by atoms with Gasteiger partial charge in [0, 0.05) is 57.9 Å². The fourth-order valence-corrected chi connectivity index (χ4v) is 5.87. The first kappa shape index (κ1) is 34.3. The molecule has 0 atom stereocenters. The van der Waals surface area contributed by atoms with Crippen molar-refractivity contribution in [1.82, 2.24) is 9.47 Å². The number of ether oxygens (including phenoxy) is 1. The lowest BCUT2D eigenvalue weighted by molar-refractivity contribution is -0.132. The Morgan fingerprint density at radius 3 is 2.20 bits per heavy atom. The van der Waals surface area contributed by atoms with Crippen molar-refractivity contribution in [3.63, 3.8) is 0 Å². The molecule has 244 valence electrons. The molecule has 0 saturated carbocycles. The standard InChI is InChI=1S/C38H47N3O5/c1-5-6-24-39(4)36(45)17-13-8-7-9-14-25-40(28(2)42)38-34-26-33(46-29(3)43)22-23-35(34)41(27-30-15-11-10-12-16-30)37(38)31-18-20-32(44)21-19-31/h10-12,15-16,18-23,26,44H,5-9,13-14,17,24-25,27H2,1-4H3. The van der Waals surface area contributed by atoms with Crippen LogP contribution in [0.15, 0.2) is 72.8 Å². The lowest BCUT2D eigenvalue weighted by Gasteiger charge is -2.23. The number of unbranched alkanes of at least 4 members (excludes halogenated alkanes) is 5. The normalized spacial score (nSPS) is 11.0. The van der Waals surface area contributed by atoms with E-state index in [1.807, 2.05) is 59.3 Å².